The van der Waals surface area contributed by atoms with Crippen LogP contribution in [0.25, 0.3) is 0 Å². The van der Waals surface area contributed by atoms with Gasteiger partial charge in [0, 0.05) is 41.8 Å². The van der Waals surface area contributed by atoms with E-state index in [1.165, 1.54) is 20.4 Å². The third-order valence-electron chi connectivity index (χ3n) is 7.67. The lowest BCUT2D eigenvalue weighted by Crippen LogP contribution is -2.51. The van der Waals surface area contributed by atoms with E-state index in [1.54, 1.807) is 35.5 Å². The van der Waals surface area contributed by atoms with Crippen LogP contribution in [0.2, 0.25) is 5.02 Å². The highest BCUT2D eigenvalue weighted by molar-refractivity contribution is 7.93. The van der Waals surface area contributed by atoms with E-state index in [0.717, 1.165) is 27.8 Å². The molecule has 0 bridgehead atoms. The molecule has 1 aromatic heterocycles. The fraction of sp³-hybridized carbons (Fsp3) is 0.464. The molecule has 3 aromatic rings. The Balaban J connectivity index is 1.66. The van der Waals surface area contributed by atoms with Crippen LogP contribution in [0.3, 0.4) is 0 Å². The summed E-state index contributed by atoms with van der Waals surface area (Å²) in [4.78, 5) is 5.05. The van der Waals surface area contributed by atoms with Gasteiger partial charge < -0.3 is 19.9 Å². The molecular formula is C28H33ClF4N4O5S2. The minimum atomic E-state index is -4.57. The van der Waals surface area contributed by atoms with Crippen LogP contribution in [0.4, 0.5) is 28.4 Å². The van der Waals surface area contributed by atoms with Crippen LogP contribution >= 0.6 is 22.9 Å². The van der Waals surface area contributed by atoms with Gasteiger partial charge in [0.1, 0.15) is 22.2 Å². The molecule has 0 spiro atoms. The number of hydrogen-bond acceptors (Lipinski definition) is 9. The third-order valence-corrected chi connectivity index (χ3v) is 10.6. The number of alkyl halides is 3. The minimum Gasteiger partial charge on any atom is -0.497 e. The van der Waals surface area contributed by atoms with Crippen molar-refractivity contribution < 1.29 is 40.6 Å². The maximum atomic E-state index is 15.7. The predicted octanol–water partition coefficient (Wildman–Crippen LogP) is 5.78. The first-order valence-electron chi connectivity index (χ1n) is 13.6. The zero-order valence-electron chi connectivity index (χ0n) is 24.1. The average Bonchev–Trinajstić information content (AvgIpc) is 3.51. The Bertz CT molecular complexity index is 1530. The first-order chi connectivity index (χ1) is 20.8. The van der Waals surface area contributed by atoms with E-state index >= 15 is 4.39 Å². The van der Waals surface area contributed by atoms with Crippen molar-refractivity contribution in [2.75, 3.05) is 44.0 Å². The first kappa shape index (κ1) is 34.0. The normalized spacial score (nSPS) is 19.2. The van der Waals surface area contributed by atoms with Crippen molar-refractivity contribution in [3.05, 3.63) is 58.3 Å². The number of aliphatic hydroxyl groups excluding tert-OH is 1. The van der Waals surface area contributed by atoms with Gasteiger partial charge in [-0.15, -0.1) is 11.3 Å². The highest BCUT2D eigenvalue weighted by Crippen LogP contribution is 2.41. The molecule has 0 aliphatic heterocycles. The number of rotatable bonds is 12. The number of anilines is 2. The van der Waals surface area contributed by atoms with E-state index < -0.39 is 44.9 Å². The van der Waals surface area contributed by atoms with Gasteiger partial charge in [0.05, 0.1) is 44.0 Å². The Morgan fingerprint density at radius 3 is 2.55 bits per heavy atom. The lowest BCUT2D eigenvalue weighted by molar-refractivity contribution is -0.187. The number of aromatic nitrogens is 1. The van der Waals surface area contributed by atoms with Gasteiger partial charge in [-0.3, -0.25) is 4.90 Å². The zero-order valence-corrected chi connectivity index (χ0v) is 26.5. The highest BCUT2D eigenvalue weighted by Gasteiger charge is 2.46. The summed E-state index contributed by atoms with van der Waals surface area (Å²) in [6, 6.07) is 5.55. The molecule has 1 saturated carbocycles. The van der Waals surface area contributed by atoms with E-state index in [1.807, 2.05) is 0 Å². The quantitative estimate of drug-likeness (QED) is 0.232. The van der Waals surface area contributed by atoms with Crippen molar-refractivity contribution in [2.24, 2.45) is 5.92 Å². The molecule has 2 aromatic carbocycles. The van der Waals surface area contributed by atoms with Crippen LogP contribution in [0.1, 0.15) is 24.8 Å². The SMILES string of the molecule is COc1ccc(CN(c2nccs2)S(=O)(=O)c2cc(Cl)c(N[C@H]3CC[C@H](C(F)(F)F)C[C@@H]3N(C)CCO)cc2F)c(OC)c1. The molecule has 2 N–H and O–H groups in total. The molecule has 4 rings (SSSR count). The van der Waals surface area contributed by atoms with Crippen LogP contribution in [-0.4, -0.2) is 76.1 Å². The van der Waals surface area contributed by atoms with Crippen molar-refractivity contribution >= 4 is 43.8 Å². The van der Waals surface area contributed by atoms with Crippen LogP contribution in [0.5, 0.6) is 11.5 Å². The van der Waals surface area contributed by atoms with Crippen LogP contribution in [0, 0.1) is 11.7 Å². The standard InChI is InChI=1S/C28H33ClF4N4O5S2/c1-36(9-10-38)24-12-18(28(31,32)33)5-7-22(24)35-23-15-21(30)26(14-20(23)29)44(39,40)37(27-34-8-11-43-27)16-17-4-6-19(41-2)13-25(17)42-3/h4,6,8,11,13-15,18,22,24,35,38H,5,7,9-10,12,16H2,1-3H3/t18-,22-,24-/m0/s1. The number of thiazole rings is 1. The molecule has 0 unspecified atom stereocenters. The van der Waals surface area contributed by atoms with Crippen LogP contribution in [-0.2, 0) is 16.6 Å². The Hall–Kier alpha value is -2.85. The molecule has 1 aliphatic rings. The van der Waals surface area contributed by atoms with Gasteiger partial charge in [-0.1, -0.05) is 11.6 Å². The van der Waals surface area contributed by atoms with Crippen LogP contribution in [0.15, 0.2) is 46.8 Å². The molecular weight excluding hydrogens is 648 g/mol. The molecule has 1 fully saturated rings. The molecule has 1 heterocycles. The summed E-state index contributed by atoms with van der Waals surface area (Å²) >= 11 is 7.53. The fourth-order valence-corrected chi connectivity index (χ4v) is 7.94. The maximum Gasteiger partial charge on any atom is 0.391 e. The number of sulfonamides is 1. The number of halogens is 5. The second-order valence-electron chi connectivity index (χ2n) is 10.3. The predicted molar refractivity (Wildman–Crippen MR) is 161 cm³/mol. The molecule has 1 aliphatic carbocycles. The Morgan fingerprint density at radius 2 is 1.93 bits per heavy atom. The molecule has 0 amide bonds. The lowest BCUT2D eigenvalue weighted by Gasteiger charge is -2.42. The van der Waals surface area contributed by atoms with Gasteiger partial charge in [-0.25, -0.2) is 22.1 Å². The number of methoxy groups -OCH3 is 2. The minimum absolute atomic E-state index is 0.0404. The van der Waals surface area contributed by atoms with E-state index in [-0.39, 0.29) is 54.8 Å². The van der Waals surface area contributed by atoms with E-state index in [2.05, 4.69) is 10.3 Å². The van der Waals surface area contributed by atoms with Gasteiger partial charge in [-0.05, 0) is 50.6 Å². The molecule has 44 heavy (non-hydrogen) atoms. The smallest absolute Gasteiger partial charge is 0.391 e. The van der Waals surface area contributed by atoms with Crippen molar-refractivity contribution in [3.8, 4) is 11.5 Å². The second kappa shape index (κ2) is 14.1. The average molecular weight is 681 g/mol. The zero-order chi connectivity index (χ0) is 32.2. The van der Waals surface area contributed by atoms with Crippen molar-refractivity contribution in [2.45, 2.75) is 49.0 Å². The maximum absolute atomic E-state index is 15.7. The highest BCUT2D eigenvalue weighted by atomic mass is 35.5. The molecule has 0 radical (unpaired) electrons. The number of benzene rings is 2. The van der Waals surface area contributed by atoms with Gasteiger partial charge in [0.25, 0.3) is 10.0 Å². The topological polar surface area (TPSA) is 104 Å². The number of nitrogens with one attached hydrogen (secondary N) is 1. The van der Waals surface area contributed by atoms with Gasteiger partial charge in [0.2, 0.25) is 0 Å². The summed E-state index contributed by atoms with van der Waals surface area (Å²) in [5.74, 6) is -1.79. The van der Waals surface area contributed by atoms with Gasteiger partial charge in [0.15, 0.2) is 5.13 Å². The summed E-state index contributed by atoms with van der Waals surface area (Å²) in [6.45, 7) is -0.365. The summed E-state index contributed by atoms with van der Waals surface area (Å²) < 4.78 is 95.8. The Labute approximate surface area is 262 Å². The number of ether oxygens (including phenoxy) is 2. The Morgan fingerprint density at radius 1 is 1.18 bits per heavy atom. The second-order valence-corrected chi connectivity index (χ2v) is 13.5. The van der Waals surface area contributed by atoms with Crippen molar-refractivity contribution in [1.82, 2.24) is 9.88 Å². The van der Waals surface area contributed by atoms with E-state index in [4.69, 9.17) is 21.1 Å². The largest absolute Gasteiger partial charge is 0.497 e. The van der Waals surface area contributed by atoms with Crippen molar-refractivity contribution in [3.63, 3.8) is 0 Å². The Kier molecular flexibility index (Phi) is 10.9. The van der Waals surface area contributed by atoms with Crippen LogP contribution < -0.4 is 19.1 Å². The van der Waals surface area contributed by atoms with Gasteiger partial charge in [-0.2, -0.15) is 13.2 Å². The summed E-state index contributed by atoms with van der Waals surface area (Å²) in [7, 11) is -0.0635. The summed E-state index contributed by atoms with van der Waals surface area (Å²) in [5, 5.41) is 14.0. The fourth-order valence-electron chi connectivity index (χ4n) is 5.31. The molecule has 0 saturated heterocycles. The molecule has 9 nitrogen and oxygen atoms in total. The van der Waals surface area contributed by atoms with E-state index in [9.17, 15) is 26.7 Å². The number of aliphatic hydroxyl groups is 1. The lowest BCUT2D eigenvalue weighted by atomic mass is 9.81. The molecule has 16 heteroatoms. The summed E-state index contributed by atoms with van der Waals surface area (Å²) in [6.07, 6.45) is -3.22. The van der Waals surface area contributed by atoms with Crippen molar-refractivity contribution in [1.29, 1.82) is 0 Å². The molecule has 3 atom stereocenters. The number of likely N-dealkylation sites (N-methyl/N-ethyl adjacent to an activating group) is 1. The number of nitrogens with zero attached hydrogens (tertiary/aromatic N) is 3. The summed E-state index contributed by atoms with van der Waals surface area (Å²) in [5.41, 5.74) is 0.503. The number of hydrogen-bond donors (Lipinski definition) is 2. The third kappa shape index (κ3) is 7.50. The van der Waals surface area contributed by atoms with Gasteiger partial charge >= 0.3 is 6.18 Å². The first-order valence-corrected chi connectivity index (χ1v) is 16.3. The van der Waals surface area contributed by atoms with E-state index in [0.29, 0.717) is 17.1 Å². The monoisotopic (exact) mass is 680 g/mol. The molecule has 242 valence electrons.